The Morgan fingerprint density at radius 1 is 1.20 bits per heavy atom. The van der Waals surface area contributed by atoms with Gasteiger partial charge in [0.05, 0.1) is 6.10 Å². The molecule has 0 spiro atoms. The highest BCUT2D eigenvalue weighted by Crippen LogP contribution is 2.32. The molecular weight excluding hydrogens is 254 g/mol. The van der Waals surface area contributed by atoms with Crippen LogP contribution < -0.4 is 9.47 Å². The van der Waals surface area contributed by atoms with Crippen molar-refractivity contribution < 1.29 is 14.6 Å². The molecule has 1 aliphatic heterocycles. The zero-order valence-electron chi connectivity index (χ0n) is 12.6. The third-order valence-electron chi connectivity index (χ3n) is 3.98. The summed E-state index contributed by atoms with van der Waals surface area (Å²) in [6.45, 7) is 9.24. The van der Waals surface area contributed by atoms with Crippen LogP contribution in [-0.2, 0) is 0 Å². The molecule has 0 radical (unpaired) electrons. The number of aliphatic hydroxyl groups is 1. The third-order valence-corrected chi connectivity index (χ3v) is 3.98. The standard InChI is InChI=1S/C16H25NO3/c1-4-12(3)17(5-2)11-14(18)13-6-7-15-16(10-13)20-9-8-19-15/h6-7,10,12,14,18H,4-5,8-9,11H2,1-3H3. The lowest BCUT2D eigenvalue weighted by atomic mass is 10.1. The Morgan fingerprint density at radius 2 is 1.90 bits per heavy atom. The molecular formula is C16H25NO3. The van der Waals surface area contributed by atoms with E-state index in [4.69, 9.17) is 9.47 Å². The van der Waals surface area contributed by atoms with Gasteiger partial charge in [0.2, 0.25) is 0 Å². The highest BCUT2D eigenvalue weighted by molar-refractivity contribution is 5.44. The van der Waals surface area contributed by atoms with Gasteiger partial charge in [0, 0.05) is 12.6 Å². The first-order chi connectivity index (χ1) is 9.65. The van der Waals surface area contributed by atoms with Gasteiger partial charge < -0.3 is 14.6 Å². The SMILES string of the molecule is CCC(C)N(CC)CC(O)c1ccc2c(c1)OCCO2. The van der Waals surface area contributed by atoms with Gasteiger partial charge in [-0.1, -0.05) is 19.9 Å². The predicted molar refractivity (Wildman–Crippen MR) is 79.4 cm³/mol. The van der Waals surface area contributed by atoms with Crippen molar-refractivity contribution in [3.8, 4) is 11.5 Å². The van der Waals surface area contributed by atoms with Crippen LogP contribution in [0.3, 0.4) is 0 Å². The highest BCUT2D eigenvalue weighted by atomic mass is 16.6. The minimum atomic E-state index is -0.500. The van der Waals surface area contributed by atoms with Crippen molar-refractivity contribution in [3.05, 3.63) is 23.8 Å². The molecule has 1 heterocycles. The van der Waals surface area contributed by atoms with Crippen LogP contribution in [0.5, 0.6) is 11.5 Å². The molecule has 0 saturated carbocycles. The zero-order valence-corrected chi connectivity index (χ0v) is 12.6. The van der Waals surface area contributed by atoms with Crippen molar-refractivity contribution >= 4 is 0 Å². The summed E-state index contributed by atoms with van der Waals surface area (Å²) >= 11 is 0. The van der Waals surface area contributed by atoms with E-state index in [0.717, 1.165) is 30.0 Å². The van der Waals surface area contributed by atoms with E-state index in [1.165, 1.54) is 0 Å². The molecule has 1 aliphatic rings. The number of fused-ring (bicyclic) bond motifs is 1. The second kappa shape index (κ2) is 6.95. The summed E-state index contributed by atoms with van der Waals surface area (Å²) < 4.78 is 11.1. The number of rotatable bonds is 6. The Morgan fingerprint density at radius 3 is 2.55 bits per heavy atom. The molecule has 112 valence electrons. The van der Waals surface area contributed by atoms with Crippen molar-refractivity contribution in [1.29, 1.82) is 0 Å². The summed E-state index contributed by atoms with van der Waals surface area (Å²) in [4.78, 5) is 2.29. The summed E-state index contributed by atoms with van der Waals surface area (Å²) in [7, 11) is 0. The number of aliphatic hydroxyl groups excluding tert-OH is 1. The van der Waals surface area contributed by atoms with Crippen LogP contribution in [0.1, 0.15) is 38.9 Å². The van der Waals surface area contributed by atoms with E-state index in [9.17, 15) is 5.11 Å². The summed E-state index contributed by atoms with van der Waals surface area (Å²) in [5.74, 6) is 1.50. The summed E-state index contributed by atoms with van der Waals surface area (Å²) in [6, 6.07) is 6.17. The molecule has 0 amide bonds. The van der Waals surface area contributed by atoms with Gasteiger partial charge in [-0.3, -0.25) is 4.90 Å². The number of ether oxygens (including phenoxy) is 2. The number of hydrogen-bond acceptors (Lipinski definition) is 4. The van der Waals surface area contributed by atoms with E-state index in [0.29, 0.717) is 25.8 Å². The molecule has 1 aromatic carbocycles. The fraction of sp³-hybridized carbons (Fsp3) is 0.625. The van der Waals surface area contributed by atoms with Crippen LogP contribution in [0.4, 0.5) is 0 Å². The Balaban J connectivity index is 2.06. The van der Waals surface area contributed by atoms with Crippen molar-refractivity contribution in [2.24, 2.45) is 0 Å². The van der Waals surface area contributed by atoms with Gasteiger partial charge in [-0.25, -0.2) is 0 Å². The lowest BCUT2D eigenvalue weighted by molar-refractivity contribution is 0.0928. The van der Waals surface area contributed by atoms with Gasteiger partial charge in [0.15, 0.2) is 11.5 Å². The van der Waals surface area contributed by atoms with Crippen LogP contribution in [0, 0.1) is 0 Å². The fourth-order valence-corrected chi connectivity index (χ4v) is 2.47. The van der Waals surface area contributed by atoms with Crippen molar-refractivity contribution in [3.63, 3.8) is 0 Å². The predicted octanol–water partition coefficient (Wildman–Crippen LogP) is 2.61. The Hall–Kier alpha value is -1.26. The quantitative estimate of drug-likeness (QED) is 0.869. The Bertz CT molecular complexity index is 436. The molecule has 2 unspecified atom stereocenters. The van der Waals surface area contributed by atoms with E-state index in [1.807, 2.05) is 18.2 Å². The molecule has 20 heavy (non-hydrogen) atoms. The number of hydrogen-bond donors (Lipinski definition) is 1. The van der Waals surface area contributed by atoms with Gasteiger partial charge in [0.25, 0.3) is 0 Å². The van der Waals surface area contributed by atoms with Gasteiger partial charge in [-0.2, -0.15) is 0 Å². The topological polar surface area (TPSA) is 41.9 Å². The maximum absolute atomic E-state index is 10.4. The van der Waals surface area contributed by atoms with E-state index < -0.39 is 6.10 Å². The van der Waals surface area contributed by atoms with Crippen LogP contribution in [0.2, 0.25) is 0 Å². The van der Waals surface area contributed by atoms with Gasteiger partial charge in [-0.05, 0) is 37.6 Å². The molecule has 2 rings (SSSR count). The number of likely N-dealkylation sites (N-methyl/N-ethyl adjacent to an activating group) is 1. The van der Waals surface area contributed by atoms with Gasteiger partial charge >= 0.3 is 0 Å². The summed E-state index contributed by atoms with van der Waals surface area (Å²) in [6.07, 6.45) is 0.585. The second-order valence-electron chi connectivity index (χ2n) is 5.26. The maximum atomic E-state index is 10.4. The molecule has 0 aromatic heterocycles. The normalized spacial score (nSPS) is 17.1. The van der Waals surface area contributed by atoms with E-state index in [-0.39, 0.29) is 0 Å². The van der Waals surface area contributed by atoms with Crippen molar-refractivity contribution in [2.75, 3.05) is 26.3 Å². The average molecular weight is 279 g/mol. The first-order valence-electron chi connectivity index (χ1n) is 7.47. The van der Waals surface area contributed by atoms with Crippen molar-refractivity contribution in [1.82, 2.24) is 4.90 Å². The fourth-order valence-electron chi connectivity index (χ4n) is 2.47. The number of benzene rings is 1. The maximum Gasteiger partial charge on any atom is 0.161 e. The Kier molecular flexibility index (Phi) is 5.26. The van der Waals surface area contributed by atoms with Crippen LogP contribution in [0.15, 0.2) is 18.2 Å². The monoisotopic (exact) mass is 279 g/mol. The molecule has 0 saturated heterocycles. The lowest BCUT2D eigenvalue weighted by Crippen LogP contribution is -2.36. The number of nitrogens with zero attached hydrogens (tertiary/aromatic N) is 1. The Labute approximate surface area is 121 Å². The largest absolute Gasteiger partial charge is 0.486 e. The molecule has 0 bridgehead atoms. The van der Waals surface area contributed by atoms with Crippen molar-refractivity contribution in [2.45, 2.75) is 39.3 Å². The van der Waals surface area contributed by atoms with Crippen LogP contribution in [-0.4, -0.2) is 42.4 Å². The van der Waals surface area contributed by atoms with Gasteiger partial charge in [-0.15, -0.1) is 0 Å². The minimum Gasteiger partial charge on any atom is -0.486 e. The average Bonchev–Trinajstić information content (AvgIpc) is 2.51. The van der Waals surface area contributed by atoms with Crippen LogP contribution >= 0.6 is 0 Å². The minimum absolute atomic E-state index is 0.479. The zero-order chi connectivity index (χ0) is 14.5. The first kappa shape index (κ1) is 15.1. The summed E-state index contributed by atoms with van der Waals surface area (Å²) in [5, 5.41) is 10.4. The van der Waals surface area contributed by atoms with E-state index >= 15 is 0 Å². The smallest absolute Gasteiger partial charge is 0.161 e. The molecule has 1 N–H and O–H groups in total. The summed E-state index contributed by atoms with van der Waals surface area (Å²) in [5.41, 5.74) is 0.885. The van der Waals surface area contributed by atoms with Gasteiger partial charge in [0.1, 0.15) is 13.2 Å². The van der Waals surface area contributed by atoms with E-state index in [2.05, 4.69) is 25.7 Å². The molecule has 4 heteroatoms. The molecule has 1 aromatic rings. The van der Waals surface area contributed by atoms with E-state index in [1.54, 1.807) is 0 Å². The molecule has 0 fully saturated rings. The third kappa shape index (κ3) is 3.44. The molecule has 0 aliphatic carbocycles. The first-order valence-corrected chi connectivity index (χ1v) is 7.47. The second-order valence-corrected chi connectivity index (χ2v) is 5.26. The van der Waals surface area contributed by atoms with Crippen LogP contribution in [0.25, 0.3) is 0 Å². The lowest BCUT2D eigenvalue weighted by Gasteiger charge is -2.29. The molecule has 2 atom stereocenters. The molecule has 4 nitrogen and oxygen atoms in total. The highest BCUT2D eigenvalue weighted by Gasteiger charge is 2.19.